The van der Waals surface area contributed by atoms with E-state index in [4.69, 9.17) is 0 Å². The lowest BCUT2D eigenvalue weighted by Crippen LogP contribution is -2.49. The first-order valence-corrected chi connectivity index (χ1v) is 8.73. The van der Waals surface area contributed by atoms with Crippen LogP contribution in [-0.4, -0.2) is 18.0 Å². The minimum absolute atomic E-state index is 0.0193. The highest BCUT2D eigenvalue weighted by Gasteiger charge is 2.35. The van der Waals surface area contributed by atoms with Crippen molar-refractivity contribution in [1.29, 1.82) is 5.26 Å². The van der Waals surface area contributed by atoms with Gasteiger partial charge >= 0.3 is 0 Å². The maximum absolute atomic E-state index is 12.2. The summed E-state index contributed by atoms with van der Waals surface area (Å²) in [5.41, 5.74) is -0.621. The van der Waals surface area contributed by atoms with Crippen LogP contribution in [0.3, 0.4) is 0 Å². The number of carbonyl (C=O) groups is 1. The Morgan fingerprint density at radius 1 is 1.45 bits per heavy atom. The van der Waals surface area contributed by atoms with Gasteiger partial charge in [-0.25, -0.2) is 0 Å². The molecule has 2 rings (SSSR count). The molecular formula is C17H25N3OS. The molecule has 0 radical (unpaired) electrons. The van der Waals surface area contributed by atoms with E-state index in [1.165, 1.54) is 4.88 Å². The van der Waals surface area contributed by atoms with Crippen molar-refractivity contribution in [3.63, 3.8) is 0 Å². The summed E-state index contributed by atoms with van der Waals surface area (Å²) in [5.74, 6) is -0.0887. The second kappa shape index (κ2) is 6.80. The highest BCUT2D eigenvalue weighted by Crippen LogP contribution is 2.35. The summed E-state index contributed by atoms with van der Waals surface area (Å²) in [5, 5.41) is 17.7. The second-order valence-electron chi connectivity index (χ2n) is 7.14. The molecule has 0 spiro atoms. The lowest BCUT2D eigenvalue weighted by atomic mass is 9.86. The number of nitriles is 1. The van der Waals surface area contributed by atoms with Crippen LogP contribution >= 0.6 is 11.3 Å². The van der Waals surface area contributed by atoms with E-state index >= 15 is 0 Å². The summed E-state index contributed by atoms with van der Waals surface area (Å²) < 4.78 is 0. The van der Waals surface area contributed by atoms with Crippen molar-refractivity contribution < 1.29 is 4.79 Å². The average Bonchev–Trinajstić information content (AvgIpc) is 3.09. The van der Waals surface area contributed by atoms with E-state index in [1.807, 2.05) is 6.07 Å². The molecule has 0 aromatic carbocycles. The first-order valence-electron chi connectivity index (χ1n) is 7.85. The second-order valence-corrected chi connectivity index (χ2v) is 8.12. The third-order valence-electron chi connectivity index (χ3n) is 4.21. The van der Waals surface area contributed by atoms with Gasteiger partial charge in [-0.1, -0.05) is 26.8 Å². The number of nitrogens with zero attached hydrogens (tertiary/aromatic N) is 1. The van der Waals surface area contributed by atoms with Crippen LogP contribution < -0.4 is 10.6 Å². The Bertz CT molecular complexity index is 533. The fourth-order valence-electron chi connectivity index (χ4n) is 3.04. The van der Waals surface area contributed by atoms with Crippen LogP contribution in [0.2, 0.25) is 0 Å². The molecule has 1 atom stereocenters. The molecule has 2 N–H and O–H groups in total. The van der Waals surface area contributed by atoms with Crippen LogP contribution in [0.15, 0.2) is 17.5 Å². The number of nitrogens with one attached hydrogen (secondary N) is 2. The summed E-state index contributed by atoms with van der Waals surface area (Å²) in [7, 11) is 0. The quantitative estimate of drug-likeness (QED) is 0.874. The van der Waals surface area contributed by atoms with Gasteiger partial charge in [0.25, 0.3) is 0 Å². The van der Waals surface area contributed by atoms with Crippen molar-refractivity contribution in [2.24, 2.45) is 5.41 Å². The summed E-state index contributed by atoms with van der Waals surface area (Å²) in [4.78, 5) is 13.5. The Morgan fingerprint density at radius 3 is 2.64 bits per heavy atom. The van der Waals surface area contributed by atoms with E-state index in [0.717, 1.165) is 25.7 Å². The monoisotopic (exact) mass is 319 g/mol. The molecule has 22 heavy (non-hydrogen) atoms. The number of carbonyl (C=O) groups excluding carboxylic acids is 1. The molecule has 5 heteroatoms. The number of hydrogen-bond donors (Lipinski definition) is 2. The van der Waals surface area contributed by atoms with Gasteiger partial charge in [0.2, 0.25) is 5.91 Å². The van der Waals surface area contributed by atoms with Crippen LogP contribution in [0.4, 0.5) is 0 Å². The number of hydrogen-bond acceptors (Lipinski definition) is 4. The third-order valence-corrected chi connectivity index (χ3v) is 5.15. The maximum atomic E-state index is 12.2. The van der Waals surface area contributed by atoms with E-state index in [2.05, 4.69) is 48.9 Å². The summed E-state index contributed by atoms with van der Waals surface area (Å²) in [6.07, 6.45) is 3.56. The zero-order valence-electron chi connectivity index (χ0n) is 13.6. The number of rotatable bonds is 5. The first-order chi connectivity index (χ1) is 10.4. The lowest BCUT2D eigenvalue weighted by Gasteiger charge is -2.31. The van der Waals surface area contributed by atoms with E-state index < -0.39 is 5.54 Å². The molecule has 4 nitrogen and oxygen atoms in total. The number of thiophene rings is 1. The largest absolute Gasteiger partial charge is 0.337 e. The predicted molar refractivity (Wildman–Crippen MR) is 89.5 cm³/mol. The Labute approximate surface area is 136 Å². The molecule has 0 saturated heterocycles. The Hall–Kier alpha value is -1.38. The lowest BCUT2D eigenvalue weighted by molar-refractivity contribution is -0.121. The molecular weight excluding hydrogens is 294 g/mol. The smallest absolute Gasteiger partial charge is 0.235 e. The van der Waals surface area contributed by atoms with Crippen molar-refractivity contribution in [2.45, 2.75) is 58.0 Å². The SMILES string of the molecule is CC(C)(C)[C@@H](NCC(=O)NC1(C#N)CCCC1)c1cccs1. The molecule has 0 unspecified atom stereocenters. The van der Waals surface area contributed by atoms with Gasteiger partial charge in [-0.15, -0.1) is 11.3 Å². The molecule has 1 saturated carbocycles. The van der Waals surface area contributed by atoms with E-state index in [0.29, 0.717) is 0 Å². The molecule has 0 bridgehead atoms. The van der Waals surface area contributed by atoms with Gasteiger partial charge in [0, 0.05) is 10.9 Å². The highest BCUT2D eigenvalue weighted by molar-refractivity contribution is 7.10. The van der Waals surface area contributed by atoms with Crippen LogP contribution in [0.25, 0.3) is 0 Å². The zero-order chi connectivity index (χ0) is 16.2. The Kier molecular flexibility index (Phi) is 5.25. The summed E-state index contributed by atoms with van der Waals surface area (Å²) in [6.45, 7) is 6.73. The summed E-state index contributed by atoms with van der Waals surface area (Å²) in [6, 6.07) is 6.55. The fourth-order valence-corrected chi connectivity index (χ4v) is 4.08. The van der Waals surface area contributed by atoms with Gasteiger partial charge < -0.3 is 10.6 Å². The first kappa shape index (κ1) is 17.0. The minimum atomic E-state index is -0.640. The van der Waals surface area contributed by atoms with Gasteiger partial charge in [-0.3, -0.25) is 4.79 Å². The van der Waals surface area contributed by atoms with E-state index in [9.17, 15) is 10.1 Å². The standard InChI is InChI=1S/C17H25N3OS/c1-16(2,3)15(13-7-6-10-22-13)19-11-14(21)20-17(12-18)8-4-5-9-17/h6-7,10,15,19H,4-5,8-9,11H2,1-3H3,(H,20,21)/t15-/m0/s1. The van der Waals surface area contributed by atoms with Crippen LogP contribution in [0.5, 0.6) is 0 Å². The van der Waals surface area contributed by atoms with Gasteiger partial charge in [0.1, 0.15) is 5.54 Å². The fraction of sp³-hybridized carbons (Fsp3) is 0.647. The van der Waals surface area contributed by atoms with Crippen molar-refractivity contribution in [1.82, 2.24) is 10.6 Å². The molecule has 1 aliphatic rings. The van der Waals surface area contributed by atoms with Crippen molar-refractivity contribution in [2.75, 3.05) is 6.54 Å². The van der Waals surface area contributed by atoms with Crippen LogP contribution in [0, 0.1) is 16.7 Å². The van der Waals surface area contributed by atoms with Crippen LogP contribution in [0.1, 0.15) is 57.4 Å². The zero-order valence-corrected chi connectivity index (χ0v) is 14.4. The predicted octanol–water partition coefficient (Wildman–Crippen LogP) is 3.38. The molecule has 120 valence electrons. The molecule has 1 aliphatic carbocycles. The Balaban J connectivity index is 1.95. The molecule has 1 heterocycles. The summed E-state index contributed by atoms with van der Waals surface area (Å²) >= 11 is 1.70. The molecule has 1 fully saturated rings. The van der Waals surface area contributed by atoms with Crippen molar-refractivity contribution in [3.05, 3.63) is 22.4 Å². The maximum Gasteiger partial charge on any atom is 0.235 e. The van der Waals surface area contributed by atoms with Gasteiger partial charge in [-0.2, -0.15) is 5.26 Å². The molecule has 1 amide bonds. The highest BCUT2D eigenvalue weighted by atomic mass is 32.1. The molecule has 1 aromatic heterocycles. The van der Waals surface area contributed by atoms with Crippen molar-refractivity contribution in [3.8, 4) is 6.07 Å². The molecule has 0 aliphatic heterocycles. The van der Waals surface area contributed by atoms with E-state index in [1.54, 1.807) is 11.3 Å². The third kappa shape index (κ3) is 4.08. The minimum Gasteiger partial charge on any atom is -0.337 e. The van der Waals surface area contributed by atoms with Gasteiger partial charge in [-0.05, 0) is 42.5 Å². The topological polar surface area (TPSA) is 64.9 Å². The Morgan fingerprint density at radius 2 is 2.14 bits per heavy atom. The van der Waals surface area contributed by atoms with Gasteiger partial charge in [0.15, 0.2) is 0 Å². The molecule has 1 aromatic rings. The number of amides is 1. The van der Waals surface area contributed by atoms with Crippen molar-refractivity contribution >= 4 is 17.2 Å². The van der Waals surface area contributed by atoms with Gasteiger partial charge in [0.05, 0.1) is 12.6 Å². The average molecular weight is 319 g/mol. The van der Waals surface area contributed by atoms with Crippen LogP contribution in [-0.2, 0) is 4.79 Å². The normalized spacial score (nSPS) is 18.6. The van der Waals surface area contributed by atoms with E-state index in [-0.39, 0.29) is 23.9 Å².